The van der Waals surface area contributed by atoms with Gasteiger partial charge >= 0.3 is 0 Å². The van der Waals surface area contributed by atoms with Crippen molar-refractivity contribution in [2.75, 3.05) is 70.5 Å². The van der Waals surface area contributed by atoms with E-state index in [1.807, 2.05) is 29.2 Å². The standard InChI is InChI=1S/C20H29ClN4O4S/c21-18-2-1-3-19(16-18)22-8-10-23(11-9-22)20(26)17-4-6-24(7-5-17)30(27,28)25-12-14-29-15-13-25/h1-3,16-17H,4-15H2. The number of amides is 1. The first-order valence-electron chi connectivity index (χ1n) is 10.6. The predicted octanol–water partition coefficient (Wildman–Crippen LogP) is 1.28. The summed E-state index contributed by atoms with van der Waals surface area (Å²) in [6, 6.07) is 7.78. The third kappa shape index (κ3) is 4.75. The predicted molar refractivity (Wildman–Crippen MR) is 116 cm³/mol. The van der Waals surface area contributed by atoms with E-state index in [0.717, 1.165) is 18.8 Å². The number of carbonyl (C=O) groups is 1. The van der Waals surface area contributed by atoms with Crippen molar-refractivity contribution in [3.63, 3.8) is 0 Å². The second kappa shape index (κ2) is 9.40. The summed E-state index contributed by atoms with van der Waals surface area (Å²) in [5.41, 5.74) is 1.08. The number of benzene rings is 1. The van der Waals surface area contributed by atoms with Crippen LogP contribution >= 0.6 is 11.6 Å². The molecule has 30 heavy (non-hydrogen) atoms. The summed E-state index contributed by atoms with van der Waals surface area (Å²) in [6.07, 6.45) is 1.16. The Balaban J connectivity index is 1.27. The van der Waals surface area contributed by atoms with Crippen LogP contribution in [-0.4, -0.2) is 93.4 Å². The summed E-state index contributed by atoms with van der Waals surface area (Å²) in [7, 11) is -3.46. The van der Waals surface area contributed by atoms with Gasteiger partial charge in [0.05, 0.1) is 13.2 Å². The largest absolute Gasteiger partial charge is 0.379 e. The number of rotatable bonds is 4. The number of anilines is 1. The maximum Gasteiger partial charge on any atom is 0.282 e. The molecule has 0 spiro atoms. The van der Waals surface area contributed by atoms with Crippen molar-refractivity contribution in [1.82, 2.24) is 13.5 Å². The van der Waals surface area contributed by atoms with Crippen LogP contribution in [0.5, 0.6) is 0 Å². The first-order valence-corrected chi connectivity index (χ1v) is 12.3. The molecule has 3 saturated heterocycles. The minimum atomic E-state index is -3.46. The fourth-order valence-electron chi connectivity index (χ4n) is 4.39. The molecule has 0 bridgehead atoms. The van der Waals surface area contributed by atoms with Crippen LogP contribution in [0.1, 0.15) is 12.8 Å². The highest BCUT2D eigenvalue weighted by molar-refractivity contribution is 7.86. The van der Waals surface area contributed by atoms with Gasteiger partial charge in [0.25, 0.3) is 10.2 Å². The van der Waals surface area contributed by atoms with Crippen LogP contribution in [0.15, 0.2) is 24.3 Å². The van der Waals surface area contributed by atoms with E-state index in [-0.39, 0.29) is 11.8 Å². The molecule has 1 aromatic carbocycles. The topological polar surface area (TPSA) is 73.4 Å². The fraction of sp³-hybridized carbons (Fsp3) is 0.650. The lowest BCUT2D eigenvalue weighted by molar-refractivity contribution is -0.137. The van der Waals surface area contributed by atoms with Crippen LogP contribution in [0.25, 0.3) is 0 Å². The Morgan fingerprint density at radius 2 is 1.57 bits per heavy atom. The Labute approximate surface area is 183 Å². The average Bonchev–Trinajstić information content (AvgIpc) is 2.79. The molecule has 4 rings (SSSR count). The van der Waals surface area contributed by atoms with Crippen molar-refractivity contribution in [2.24, 2.45) is 5.92 Å². The minimum absolute atomic E-state index is 0.0983. The highest BCUT2D eigenvalue weighted by Crippen LogP contribution is 2.25. The van der Waals surface area contributed by atoms with Crippen LogP contribution in [0.4, 0.5) is 5.69 Å². The summed E-state index contributed by atoms with van der Waals surface area (Å²) < 4.78 is 33.9. The van der Waals surface area contributed by atoms with Gasteiger partial charge in [-0.15, -0.1) is 0 Å². The number of hydrogen-bond donors (Lipinski definition) is 0. The third-order valence-corrected chi connectivity index (χ3v) is 8.46. The van der Waals surface area contributed by atoms with E-state index in [0.29, 0.717) is 70.3 Å². The Morgan fingerprint density at radius 3 is 2.20 bits per heavy atom. The minimum Gasteiger partial charge on any atom is -0.379 e. The molecule has 3 aliphatic rings. The highest BCUT2D eigenvalue weighted by Gasteiger charge is 2.37. The fourth-order valence-corrected chi connectivity index (χ4v) is 6.18. The lowest BCUT2D eigenvalue weighted by Crippen LogP contribution is -2.54. The van der Waals surface area contributed by atoms with Crippen LogP contribution in [-0.2, 0) is 19.7 Å². The summed E-state index contributed by atoms with van der Waals surface area (Å²) in [5, 5.41) is 0.713. The van der Waals surface area contributed by atoms with E-state index in [1.165, 1.54) is 8.61 Å². The van der Waals surface area contributed by atoms with Crippen molar-refractivity contribution in [1.29, 1.82) is 0 Å². The SMILES string of the molecule is O=C(C1CCN(S(=O)(=O)N2CCOCC2)CC1)N1CCN(c2cccc(Cl)c2)CC1. The van der Waals surface area contributed by atoms with Gasteiger partial charge in [0.1, 0.15) is 0 Å². The zero-order valence-electron chi connectivity index (χ0n) is 17.1. The van der Waals surface area contributed by atoms with Crippen molar-refractivity contribution >= 4 is 33.4 Å². The number of piperidine rings is 1. The van der Waals surface area contributed by atoms with Crippen LogP contribution in [0.2, 0.25) is 5.02 Å². The molecule has 166 valence electrons. The second-order valence-corrected chi connectivity index (χ2v) is 10.3. The number of nitrogens with zero attached hydrogens (tertiary/aromatic N) is 4. The lowest BCUT2D eigenvalue weighted by atomic mass is 9.96. The van der Waals surface area contributed by atoms with Crippen molar-refractivity contribution in [3.05, 3.63) is 29.3 Å². The van der Waals surface area contributed by atoms with Gasteiger partial charge in [0.2, 0.25) is 5.91 Å². The van der Waals surface area contributed by atoms with Gasteiger partial charge in [0, 0.05) is 69.0 Å². The molecule has 0 radical (unpaired) electrons. The molecule has 0 N–H and O–H groups in total. The zero-order valence-corrected chi connectivity index (χ0v) is 18.7. The van der Waals surface area contributed by atoms with Gasteiger partial charge in [-0.1, -0.05) is 17.7 Å². The molecule has 3 aliphatic heterocycles. The maximum absolute atomic E-state index is 13.0. The highest BCUT2D eigenvalue weighted by atomic mass is 35.5. The van der Waals surface area contributed by atoms with Gasteiger partial charge in [-0.3, -0.25) is 4.79 Å². The normalized spacial score (nSPS) is 23.0. The van der Waals surface area contributed by atoms with Crippen LogP contribution in [0, 0.1) is 5.92 Å². The van der Waals surface area contributed by atoms with E-state index >= 15 is 0 Å². The van der Waals surface area contributed by atoms with Gasteiger partial charge in [-0.2, -0.15) is 17.0 Å². The zero-order chi connectivity index (χ0) is 21.1. The quantitative estimate of drug-likeness (QED) is 0.682. The van der Waals surface area contributed by atoms with Gasteiger partial charge in [-0.05, 0) is 31.0 Å². The van der Waals surface area contributed by atoms with Crippen molar-refractivity contribution in [3.8, 4) is 0 Å². The van der Waals surface area contributed by atoms with Gasteiger partial charge < -0.3 is 14.5 Å². The molecule has 1 amide bonds. The molecule has 0 atom stereocenters. The maximum atomic E-state index is 13.0. The molecular formula is C20H29ClN4O4S. The molecule has 10 heteroatoms. The van der Waals surface area contributed by atoms with E-state index in [4.69, 9.17) is 16.3 Å². The van der Waals surface area contributed by atoms with Gasteiger partial charge in [-0.25, -0.2) is 0 Å². The van der Waals surface area contributed by atoms with E-state index in [1.54, 1.807) is 0 Å². The summed E-state index contributed by atoms with van der Waals surface area (Å²) in [6.45, 7) is 5.39. The number of piperazine rings is 1. The molecule has 0 saturated carbocycles. The summed E-state index contributed by atoms with van der Waals surface area (Å²) in [5.74, 6) is 0.0584. The molecule has 3 fully saturated rings. The lowest BCUT2D eigenvalue weighted by Gasteiger charge is -2.40. The Bertz CT molecular complexity index is 846. The number of halogens is 1. The van der Waals surface area contributed by atoms with Crippen molar-refractivity contribution < 1.29 is 17.9 Å². The smallest absolute Gasteiger partial charge is 0.282 e. The van der Waals surface area contributed by atoms with E-state index in [2.05, 4.69) is 4.90 Å². The number of hydrogen-bond acceptors (Lipinski definition) is 5. The Hall–Kier alpha value is -1.39. The summed E-state index contributed by atoms with van der Waals surface area (Å²) >= 11 is 6.09. The molecule has 1 aromatic rings. The number of carbonyl (C=O) groups excluding carboxylic acids is 1. The average molecular weight is 457 g/mol. The van der Waals surface area contributed by atoms with E-state index < -0.39 is 10.2 Å². The van der Waals surface area contributed by atoms with Gasteiger partial charge in [0.15, 0.2) is 0 Å². The molecule has 3 heterocycles. The molecule has 8 nitrogen and oxygen atoms in total. The molecule has 0 unspecified atom stereocenters. The monoisotopic (exact) mass is 456 g/mol. The van der Waals surface area contributed by atoms with Crippen LogP contribution in [0.3, 0.4) is 0 Å². The molecule has 0 aromatic heterocycles. The number of morpholine rings is 1. The van der Waals surface area contributed by atoms with E-state index in [9.17, 15) is 13.2 Å². The summed E-state index contributed by atoms with van der Waals surface area (Å²) in [4.78, 5) is 17.2. The number of ether oxygens (including phenoxy) is 1. The third-order valence-electron chi connectivity index (χ3n) is 6.19. The molecule has 0 aliphatic carbocycles. The Morgan fingerprint density at radius 1 is 0.933 bits per heavy atom. The first-order chi connectivity index (χ1) is 14.4. The van der Waals surface area contributed by atoms with Crippen molar-refractivity contribution in [2.45, 2.75) is 12.8 Å². The van der Waals surface area contributed by atoms with Crippen LogP contribution < -0.4 is 4.90 Å². The molecular weight excluding hydrogens is 428 g/mol. The Kier molecular flexibility index (Phi) is 6.84. The second-order valence-electron chi connectivity index (χ2n) is 7.98. The first kappa shape index (κ1) is 21.8.